The lowest BCUT2D eigenvalue weighted by Gasteiger charge is -2.14. The van der Waals surface area contributed by atoms with Crippen molar-refractivity contribution < 1.29 is 4.79 Å². The van der Waals surface area contributed by atoms with E-state index in [0.29, 0.717) is 6.54 Å². The Morgan fingerprint density at radius 1 is 1.14 bits per heavy atom. The minimum atomic E-state index is 0.148. The zero-order chi connectivity index (χ0) is 19.6. The molecule has 1 saturated carbocycles. The van der Waals surface area contributed by atoms with Crippen molar-refractivity contribution in [3.8, 4) is 0 Å². The van der Waals surface area contributed by atoms with Crippen LogP contribution in [0.3, 0.4) is 0 Å². The highest BCUT2D eigenvalue weighted by Crippen LogP contribution is 2.26. The normalized spacial score (nSPS) is 14.7. The van der Waals surface area contributed by atoms with Gasteiger partial charge in [0.15, 0.2) is 5.96 Å². The van der Waals surface area contributed by atoms with E-state index in [0.717, 1.165) is 61.6 Å². The fourth-order valence-corrected chi connectivity index (χ4v) is 3.45. The molecule has 0 atom stereocenters. The molecule has 1 aliphatic rings. The second-order valence-electron chi connectivity index (χ2n) is 7.09. The second kappa shape index (κ2) is 10.4. The summed E-state index contributed by atoms with van der Waals surface area (Å²) in [7, 11) is 1.76. The molecule has 1 aromatic carbocycles. The number of carbonyl (C=O) groups is 1. The monoisotopic (exact) mass is 379 g/mol. The summed E-state index contributed by atoms with van der Waals surface area (Å²) in [6.07, 6.45) is 6.98. The third kappa shape index (κ3) is 6.08. The van der Waals surface area contributed by atoms with E-state index in [4.69, 9.17) is 0 Å². The van der Waals surface area contributed by atoms with Crippen LogP contribution in [-0.2, 0) is 17.8 Å². The van der Waals surface area contributed by atoms with Crippen LogP contribution in [0.15, 0.2) is 53.7 Å². The zero-order valence-corrected chi connectivity index (χ0v) is 16.4. The quantitative estimate of drug-likeness (QED) is 0.510. The Kier molecular flexibility index (Phi) is 7.41. The molecule has 28 heavy (non-hydrogen) atoms. The summed E-state index contributed by atoms with van der Waals surface area (Å²) in [6.45, 7) is 1.39. The molecule has 1 heterocycles. The molecule has 3 rings (SSSR count). The average molecular weight is 380 g/mol. The average Bonchev–Trinajstić information content (AvgIpc) is 3.27. The van der Waals surface area contributed by atoms with Crippen LogP contribution >= 0.6 is 0 Å². The molecule has 0 saturated heterocycles. The van der Waals surface area contributed by atoms with E-state index in [1.54, 1.807) is 13.2 Å². The molecule has 0 bridgehead atoms. The highest BCUT2D eigenvalue weighted by molar-refractivity contribution is 5.92. The van der Waals surface area contributed by atoms with E-state index < -0.39 is 0 Å². The van der Waals surface area contributed by atoms with E-state index >= 15 is 0 Å². The van der Waals surface area contributed by atoms with E-state index in [-0.39, 0.29) is 11.8 Å². The van der Waals surface area contributed by atoms with Gasteiger partial charge in [0.1, 0.15) is 0 Å². The number of benzene rings is 1. The van der Waals surface area contributed by atoms with Crippen LogP contribution in [0.4, 0.5) is 5.69 Å². The maximum Gasteiger partial charge on any atom is 0.227 e. The second-order valence-corrected chi connectivity index (χ2v) is 7.09. The van der Waals surface area contributed by atoms with Crippen molar-refractivity contribution in [2.75, 3.05) is 18.9 Å². The number of aromatic nitrogens is 1. The van der Waals surface area contributed by atoms with Gasteiger partial charge < -0.3 is 16.0 Å². The highest BCUT2D eigenvalue weighted by atomic mass is 16.1. The summed E-state index contributed by atoms with van der Waals surface area (Å²) >= 11 is 0. The van der Waals surface area contributed by atoms with Gasteiger partial charge >= 0.3 is 0 Å². The number of amides is 1. The van der Waals surface area contributed by atoms with Gasteiger partial charge in [-0.15, -0.1) is 0 Å². The van der Waals surface area contributed by atoms with Gasteiger partial charge in [-0.05, 0) is 42.7 Å². The Morgan fingerprint density at radius 3 is 2.75 bits per heavy atom. The predicted molar refractivity (Wildman–Crippen MR) is 113 cm³/mol. The van der Waals surface area contributed by atoms with Crippen LogP contribution < -0.4 is 16.0 Å². The first-order chi connectivity index (χ1) is 13.7. The Labute approximate surface area is 166 Å². The fraction of sp³-hybridized carbons (Fsp3) is 0.409. The molecule has 0 radical (unpaired) electrons. The standard InChI is InChI=1S/C22H29N5O/c1-23-22(25-14-12-19-10-4-5-13-24-19)26-16-17-7-6-11-20(15-17)27-21(28)18-8-2-3-9-18/h4-7,10-11,13,15,18H,2-3,8-9,12,14,16H2,1H3,(H,27,28)(H2,23,25,26). The molecule has 3 N–H and O–H groups in total. The fourth-order valence-electron chi connectivity index (χ4n) is 3.45. The molecule has 148 valence electrons. The first-order valence-electron chi connectivity index (χ1n) is 9.99. The number of pyridine rings is 1. The number of rotatable bonds is 7. The van der Waals surface area contributed by atoms with Crippen molar-refractivity contribution in [2.45, 2.75) is 38.6 Å². The van der Waals surface area contributed by atoms with Gasteiger partial charge in [0, 0.05) is 50.1 Å². The molecule has 1 fully saturated rings. The number of hydrogen-bond acceptors (Lipinski definition) is 3. The predicted octanol–water partition coefficient (Wildman–Crippen LogP) is 3.12. The van der Waals surface area contributed by atoms with Gasteiger partial charge in [-0.1, -0.05) is 31.0 Å². The molecule has 2 aromatic rings. The smallest absolute Gasteiger partial charge is 0.227 e. The molecule has 1 aliphatic carbocycles. The maximum absolute atomic E-state index is 12.3. The molecule has 0 unspecified atom stereocenters. The van der Waals surface area contributed by atoms with E-state index in [9.17, 15) is 4.79 Å². The molecule has 1 aromatic heterocycles. The SMILES string of the molecule is CN=C(NCCc1ccccn1)NCc1cccc(NC(=O)C2CCCC2)c1. The third-order valence-corrected chi connectivity index (χ3v) is 5.00. The number of aliphatic imine (C=N–C) groups is 1. The lowest BCUT2D eigenvalue weighted by atomic mass is 10.1. The number of nitrogens with zero attached hydrogens (tertiary/aromatic N) is 2. The molecule has 0 aliphatic heterocycles. The molecular formula is C22H29N5O. The van der Waals surface area contributed by atoms with Crippen LogP contribution in [0.1, 0.15) is 36.9 Å². The highest BCUT2D eigenvalue weighted by Gasteiger charge is 2.22. The van der Waals surface area contributed by atoms with Crippen LogP contribution in [0.25, 0.3) is 0 Å². The summed E-state index contributed by atoms with van der Waals surface area (Å²) in [5, 5.41) is 9.67. The van der Waals surface area contributed by atoms with Gasteiger partial charge in [-0.3, -0.25) is 14.8 Å². The Bertz CT molecular complexity index is 785. The molecule has 6 nitrogen and oxygen atoms in total. The molecular weight excluding hydrogens is 350 g/mol. The number of carbonyl (C=O) groups excluding carboxylic acids is 1. The number of nitrogens with one attached hydrogen (secondary N) is 3. The number of anilines is 1. The Morgan fingerprint density at radius 2 is 2.00 bits per heavy atom. The van der Waals surface area contributed by atoms with Gasteiger partial charge in [-0.2, -0.15) is 0 Å². The van der Waals surface area contributed by atoms with Gasteiger partial charge in [0.25, 0.3) is 0 Å². The van der Waals surface area contributed by atoms with Crippen molar-refractivity contribution in [1.29, 1.82) is 0 Å². The zero-order valence-electron chi connectivity index (χ0n) is 16.4. The summed E-state index contributed by atoms with van der Waals surface area (Å²) < 4.78 is 0. The van der Waals surface area contributed by atoms with Gasteiger partial charge in [0.2, 0.25) is 5.91 Å². The summed E-state index contributed by atoms with van der Waals surface area (Å²) in [5.74, 6) is 1.06. The topological polar surface area (TPSA) is 78.4 Å². The van der Waals surface area contributed by atoms with Crippen molar-refractivity contribution in [3.63, 3.8) is 0 Å². The summed E-state index contributed by atoms with van der Waals surface area (Å²) in [5.41, 5.74) is 3.00. The maximum atomic E-state index is 12.3. The van der Waals surface area contributed by atoms with Crippen molar-refractivity contribution >= 4 is 17.6 Å². The van der Waals surface area contributed by atoms with Crippen LogP contribution in [-0.4, -0.2) is 30.4 Å². The largest absolute Gasteiger partial charge is 0.356 e. The first kappa shape index (κ1) is 19.9. The summed E-state index contributed by atoms with van der Waals surface area (Å²) in [6, 6.07) is 13.9. The first-order valence-corrected chi connectivity index (χ1v) is 9.99. The Balaban J connectivity index is 1.45. The Hall–Kier alpha value is -2.89. The van der Waals surface area contributed by atoms with E-state index in [2.05, 4.69) is 25.9 Å². The van der Waals surface area contributed by atoms with Crippen molar-refractivity contribution in [3.05, 3.63) is 59.9 Å². The minimum absolute atomic E-state index is 0.148. The molecule has 1 amide bonds. The number of guanidine groups is 1. The van der Waals surface area contributed by atoms with Crippen molar-refractivity contribution in [2.24, 2.45) is 10.9 Å². The number of hydrogen-bond donors (Lipinski definition) is 3. The third-order valence-electron chi connectivity index (χ3n) is 5.00. The van der Waals surface area contributed by atoms with Crippen molar-refractivity contribution in [1.82, 2.24) is 15.6 Å². The van der Waals surface area contributed by atoms with Crippen LogP contribution in [0.5, 0.6) is 0 Å². The minimum Gasteiger partial charge on any atom is -0.356 e. The van der Waals surface area contributed by atoms with Gasteiger partial charge in [-0.25, -0.2) is 0 Å². The van der Waals surface area contributed by atoms with E-state index in [1.807, 2.05) is 42.5 Å². The molecule has 6 heteroatoms. The summed E-state index contributed by atoms with van der Waals surface area (Å²) in [4.78, 5) is 20.9. The van der Waals surface area contributed by atoms with E-state index in [1.165, 1.54) is 0 Å². The van der Waals surface area contributed by atoms with Crippen LogP contribution in [0, 0.1) is 5.92 Å². The lowest BCUT2D eigenvalue weighted by molar-refractivity contribution is -0.119. The van der Waals surface area contributed by atoms with Crippen LogP contribution in [0.2, 0.25) is 0 Å². The molecule has 0 spiro atoms. The lowest BCUT2D eigenvalue weighted by Crippen LogP contribution is -2.37. The van der Waals surface area contributed by atoms with Gasteiger partial charge in [0.05, 0.1) is 0 Å².